The monoisotopic (exact) mass is 404 g/mol. The third-order valence-corrected chi connectivity index (χ3v) is 4.24. The number of carbonyl (C=O) groups excluding carboxylic acids is 2. The highest BCUT2D eigenvalue weighted by molar-refractivity contribution is 9.10. The lowest BCUT2D eigenvalue weighted by atomic mass is 10.1. The van der Waals surface area contributed by atoms with E-state index in [1.54, 1.807) is 13.1 Å². The van der Waals surface area contributed by atoms with E-state index in [-0.39, 0.29) is 24.8 Å². The van der Waals surface area contributed by atoms with Crippen molar-refractivity contribution in [2.24, 2.45) is 0 Å². The van der Waals surface area contributed by atoms with Crippen LogP contribution in [-0.4, -0.2) is 36.9 Å². The van der Waals surface area contributed by atoms with E-state index in [2.05, 4.69) is 21.2 Å². The Kier molecular flexibility index (Phi) is 7.01. The van der Waals surface area contributed by atoms with Crippen molar-refractivity contribution in [1.29, 1.82) is 0 Å². The van der Waals surface area contributed by atoms with Crippen LogP contribution in [0.3, 0.4) is 0 Å². The van der Waals surface area contributed by atoms with Crippen molar-refractivity contribution in [2.75, 3.05) is 25.5 Å². The number of para-hydroxylation sites is 1. The molecule has 0 aliphatic carbocycles. The number of ether oxygens (including phenoxy) is 1. The van der Waals surface area contributed by atoms with E-state index in [0.29, 0.717) is 12.3 Å². The number of hydrogen-bond acceptors (Lipinski definition) is 3. The van der Waals surface area contributed by atoms with Crippen molar-refractivity contribution in [3.63, 3.8) is 0 Å². The summed E-state index contributed by atoms with van der Waals surface area (Å²) in [6.07, 6.45) is 0.241. The molecule has 0 saturated carbocycles. The summed E-state index contributed by atoms with van der Waals surface area (Å²) in [4.78, 5) is 25.8. The smallest absolute Gasteiger partial charge is 0.244 e. The first kappa shape index (κ1) is 19.0. The molecule has 6 heteroatoms. The standard InChI is InChI=1S/C19H21BrN2O3/c1-3-25-15-10-8-14(9-11-15)12-19(24)22(2)13-18(23)21-17-7-5-4-6-16(17)20/h4-11H,3,12-13H2,1-2H3,(H,21,23). The summed E-state index contributed by atoms with van der Waals surface area (Å²) in [5, 5.41) is 2.79. The second kappa shape index (κ2) is 9.22. The van der Waals surface area contributed by atoms with Crippen molar-refractivity contribution in [3.05, 3.63) is 58.6 Å². The Morgan fingerprint density at radius 3 is 2.44 bits per heavy atom. The molecule has 0 spiro atoms. The molecule has 2 aromatic rings. The van der Waals surface area contributed by atoms with Gasteiger partial charge in [0.2, 0.25) is 11.8 Å². The third-order valence-electron chi connectivity index (χ3n) is 3.54. The van der Waals surface area contributed by atoms with E-state index in [1.165, 1.54) is 4.90 Å². The highest BCUT2D eigenvalue weighted by Gasteiger charge is 2.14. The Bertz CT molecular complexity index is 732. The number of nitrogens with zero attached hydrogens (tertiary/aromatic N) is 1. The van der Waals surface area contributed by atoms with Crippen molar-refractivity contribution in [3.8, 4) is 5.75 Å². The highest BCUT2D eigenvalue weighted by Crippen LogP contribution is 2.21. The Labute approximate surface area is 156 Å². The van der Waals surface area contributed by atoms with Gasteiger partial charge >= 0.3 is 0 Å². The molecule has 132 valence electrons. The first-order valence-corrected chi connectivity index (χ1v) is 8.79. The Morgan fingerprint density at radius 2 is 1.80 bits per heavy atom. The highest BCUT2D eigenvalue weighted by atomic mass is 79.9. The van der Waals surface area contributed by atoms with E-state index in [1.807, 2.05) is 49.4 Å². The maximum atomic E-state index is 12.3. The zero-order valence-electron chi connectivity index (χ0n) is 14.3. The molecule has 2 rings (SSSR count). The second-order valence-corrected chi connectivity index (χ2v) is 6.39. The van der Waals surface area contributed by atoms with Crippen LogP contribution in [0.15, 0.2) is 53.0 Å². The number of anilines is 1. The van der Waals surface area contributed by atoms with Gasteiger partial charge in [-0.1, -0.05) is 24.3 Å². The SMILES string of the molecule is CCOc1ccc(CC(=O)N(C)CC(=O)Nc2ccccc2Br)cc1. The fourth-order valence-electron chi connectivity index (χ4n) is 2.24. The normalized spacial score (nSPS) is 10.2. The van der Waals surface area contributed by atoms with Gasteiger partial charge in [0.25, 0.3) is 0 Å². The number of hydrogen-bond donors (Lipinski definition) is 1. The van der Waals surface area contributed by atoms with Gasteiger partial charge in [0.05, 0.1) is 25.3 Å². The summed E-state index contributed by atoms with van der Waals surface area (Å²) in [7, 11) is 1.62. The average Bonchev–Trinajstić information content (AvgIpc) is 2.59. The molecule has 0 unspecified atom stereocenters. The molecule has 0 aromatic heterocycles. The minimum Gasteiger partial charge on any atom is -0.494 e. The number of likely N-dealkylation sites (N-methyl/N-ethyl adjacent to an activating group) is 1. The van der Waals surface area contributed by atoms with Crippen LogP contribution in [-0.2, 0) is 16.0 Å². The zero-order chi connectivity index (χ0) is 18.2. The van der Waals surface area contributed by atoms with Gasteiger partial charge in [-0.2, -0.15) is 0 Å². The van der Waals surface area contributed by atoms with Crippen LogP contribution >= 0.6 is 15.9 Å². The summed E-state index contributed by atoms with van der Waals surface area (Å²) in [5.74, 6) is 0.417. The van der Waals surface area contributed by atoms with Gasteiger partial charge in [-0.05, 0) is 52.7 Å². The van der Waals surface area contributed by atoms with E-state index in [4.69, 9.17) is 4.74 Å². The first-order valence-electron chi connectivity index (χ1n) is 7.99. The summed E-state index contributed by atoms with van der Waals surface area (Å²) in [6, 6.07) is 14.7. The molecule has 0 atom stereocenters. The Balaban J connectivity index is 1.87. The number of nitrogens with one attached hydrogen (secondary N) is 1. The fraction of sp³-hybridized carbons (Fsp3) is 0.263. The molecule has 0 bridgehead atoms. The summed E-state index contributed by atoms with van der Waals surface area (Å²) in [6.45, 7) is 2.52. The average molecular weight is 405 g/mol. The number of halogens is 1. The van der Waals surface area contributed by atoms with Crippen LogP contribution < -0.4 is 10.1 Å². The van der Waals surface area contributed by atoms with Crippen molar-refractivity contribution in [1.82, 2.24) is 4.90 Å². The first-order chi connectivity index (χ1) is 12.0. The van der Waals surface area contributed by atoms with Crippen molar-refractivity contribution < 1.29 is 14.3 Å². The van der Waals surface area contributed by atoms with Gasteiger partial charge in [-0.15, -0.1) is 0 Å². The van der Waals surface area contributed by atoms with Crippen LogP contribution in [0.5, 0.6) is 5.75 Å². The third kappa shape index (κ3) is 5.90. The van der Waals surface area contributed by atoms with E-state index < -0.39 is 0 Å². The Hall–Kier alpha value is -2.34. The molecule has 5 nitrogen and oxygen atoms in total. The molecule has 25 heavy (non-hydrogen) atoms. The number of carbonyl (C=O) groups is 2. The quantitative estimate of drug-likeness (QED) is 0.768. The van der Waals surface area contributed by atoms with Crippen LogP contribution in [0.4, 0.5) is 5.69 Å². The van der Waals surface area contributed by atoms with Crippen LogP contribution in [0.1, 0.15) is 12.5 Å². The van der Waals surface area contributed by atoms with Gasteiger partial charge in [0.15, 0.2) is 0 Å². The number of rotatable bonds is 7. The van der Waals surface area contributed by atoms with Crippen LogP contribution in [0.2, 0.25) is 0 Å². The van der Waals surface area contributed by atoms with Crippen LogP contribution in [0, 0.1) is 0 Å². The number of benzene rings is 2. The van der Waals surface area contributed by atoms with E-state index in [9.17, 15) is 9.59 Å². The minimum atomic E-state index is -0.241. The molecule has 0 heterocycles. The molecule has 2 aromatic carbocycles. The van der Waals surface area contributed by atoms with Gasteiger partial charge in [0, 0.05) is 11.5 Å². The molecule has 0 saturated heterocycles. The molecule has 2 amide bonds. The lowest BCUT2D eigenvalue weighted by Crippen LogP contribution is -2.35. The summed E-state index contributed by atoms with van der Waals surface area (Å²) < 4.78 is 6.18. The molecule has 1 N–H and O–H groups in total. The predicted octanol–water partition coefficient (Wildman–Crippen LogP) is 3.49. The van der Waals surface area contributed by atoms with E-state index >= 15 is 0 Å². The summed E-state index contributed by atoms with van der Waals surface area (Å²) >= 11 is 3.38. The van der Waals surface area contributed by atoms with Gasteiger partial charge in [-0.3, -0.25) is 9.59 Å². The van der Waals surface area contributed by atoms with Crippen molar-refractivity contribution in [2.45, 2.75) is 13.3 Å². The molecule has 0 radical (unpaired) electrons. The largest absolute Gasteiger partial charge is 0.494 e. The molecule has 0 aliphatic rings. The minimum absolute atomic E-state index is 0.00278. The van der Waals surface area contributed by atoms with Crippen molar-refractivity contribution >= 4 is 33.4 Å². The predicted molar refractivity (Wildman–Crippen MR) is 102 cm³/mol. The molecular formula is C19H21BrN2O3. The summed E-state index contributed by atoms with van der Waals surface area (Å²) in [5.41, 5.74) is 1.56. The second-order valence-electron chi connectivity index (χ2n) is 5.53. The molecule has 0 fully saturated rings. The zero-order valence-corrected chi connectivity index (χ0v) is 15.9. The van der Waals surface area contributed by atoms with Gasteiger partial charge in [-0.25, -0.2) is 0 Å². The van der Waals surface area contributed by atoms with E-state index in [0.717, 1.165) is 15.8 Å². The fourth-order valence-corrected chi connectivity index (χ4v) is 2.62. The molecular weight excluding hydrogens is 384 g/mol. The van der Waals surface area contributed by atoms with Gasteiger partial charge in [0.1, 0.15) is 5.75 Å². The maximum absolute atomic E-state index is 12.3. The topological polar surface area (TPSA) is 58.6 Å². The molecule has 0 aliphatic heterocycles. The van der Waals surface area contributed by atoms with Gasteiger partial charge < -0.3 is 15.0 Å². The van der Waals surface area contributed by atoms with Crippen LogP contribution in [0.25, 0.3) is 0 Å². The number of amides is 2. The Morgan fingerprint density at radius 1 is 1.12 bits per heavy atom. The lowest BCUT2D eigenvalue weighted by molar-refractivity contribution is -0.132. The lowest BCUT2D eigenvalue weighted by Gasteiger charge is -2.17. The maximum Gasteiger partial charge on any atom is 0.244 e.